The molecule has 0 saturated heterocycles. The average molecular weight is 310 g/mol. The van der Waals surface area contributed by atoms with Crippen molar-refractivity contribution >= 4 is 11.1 Å². The highest BCUT2D eigenvalue weighted by molar-refractivity contribution is 6.01. The Hall–Kier alpha value is -2.60. The second kappa shape index (κ2) is 6.13. The number of fused-ring (bicyclic) bond motifs is 1. The normalized spacial score (nSPS) is 16.5. The van der Waals surface area contributed by atoms with Gasteiger partial charge in [-0.3, -0.25) is 0 Å². The quantitative estimate of drug-likeness (QED) is 0.525. The van der Waals surface area contributed by atoms with Gasteiger partial charge < -0.3 is 0 Å². The Bertz CT molecular complexity index is 870. The van der Waals surface area contributed by atoms with Crippen molar-refractivity contribution in [2.75, 3.05) is 0 Å². The van der Waals surface area contributed by atoms with Gasteiger partial charge in [0.2, 0.25) is 0 Å². The molecule has 3 aromatic carbocycles. The number of hydrogen-bond donors (Lipinski definition) is 0. The first kappa shape index (κ1) is 15.0. The SMILES string of the molecule is CC(C)C1=C(c2ccccc2)C(c2ccccc2)c2ccccc21. The van der Waals surface area contributed by atoms with Crippen molar-refractivity contribution in [1.29, 1.82) is 0 Å². The Morgan fingerprint density at radius 1 is 0.667 bits per heavy atom. The van der Waals surface area contributed by atoms with Crippen LogP contribution >= 0.6 is 0 Å². The van der Waals surface area contributed by atoms with E-state index in [9.17, 15) is 0 Å². The average Bonchev–Trinajstić information content (AvgIpc) is 2.98. The molecule has 0 saturated carbocycles. The van der Waals surface area contributed by atoms with E-state index in [0.29, 0.717) is 11.8 Å². The molecule has 3 aromatic rings. The van der Waals surface area contributed by atoms with Gasteiger partial charge >= 0.3 is 0 Å². The Labute approximate surface area is 144 Å². The lowest BCUT2D eigenvalue weighted by Crippen LogP contribution is -2.01. The minimum Gasteiger partial charge on any atom is -0.0622 e. The highest BCUT2D eigenvalue weighted by Gasteiger charge is 2.33. The van der Waals surface area contributed by atoms with E-state index in [1.165, 1.54) is 33.4 Å². The molecule has 0 amide bonds. The van der Waals surface area contributed by atoms with Crippen LogP contribution in [0.1, 0.15) is 42.0 Å². The van der Waals surface area contributed by atoms with Gasteiger partial charge in [0.15, 0.2) is 0 Å². The predicted octanol–water partition coefficient (Wildman–Crippen LogP) is 6.40. The molecule has 118 valence electrons. The van der Waals surface area contributed by atoms with Crippen LogP contribution in [0, 0.1) is 5.92 Å². The van der Waals surface area contributed by atoms with Crippen molar-refractivity contribution < 1.29 is 0 Å². The van der Waals surface area contributed by atoms with E-state index in [1.807, 2.05) is 0 Å². The molecule has 0 heterocycles. The molecule has 1 unspecified atom stereocenters. The van der Waals surface area contributed by atoms with Crippen LogP contribution in [-0.4, -0.2) is 0 Å². The monoisotopic (exact) mass is 310 g/mol. The zero-order chi connectivity index (χ0) is 16.5. The predicted molar refractivity (Wildman–Crippen MR) is 103 cm³/mol. The lowest BCUT2D eigenvalue weighted by Gasteiger charge is -2.19. The maximum absolute atomic E-state index is 2.31. The fourth-order valence-corrected chi connectivity index (χ4v) is 4.00. The van der Waals surface area contributed by atoms with Gasteiger partial charge in [-0.15, -0.1) is 0 Å². The summed E-state index contributed by atoms with van der Waals surface area (Å²) in [5, 5.41) is 0. The minimum absolute atomic E-state index is 0.321. The Morgan fingerprint density at radius 3 is 1.92 bits per heavy atom. The molecule has 0 aromatic heterocycles. The maximum atomic E-state index is 2.31. The summed E-state index contributed by atoms with van der Waals surface area (Å²) in [5.41, 5.74) is 8.53. The molecule has 0 spiro atoms. The van der Waals surface area contributed by atoms with Gasteiger partial charge in [-0.05, 0) is 39.3 Å². The standard InChI is InChI=1S/C24H22/c1-17(2)22-20-15-9-10-16-21(20)23(18-11-5-3-6-12-18)24(22)19-13-7-4-8-14-19/h3-17,23H,1-2H3. The van der Waals surface area contributed by atoms with Crippen LogP contribution in [0.25, 0.3) is 11.1 Å². The molecule has 0 nitrogen and oxygen atoms in total. The van der Waals surface area contributed by atoms with Gasteiger partial charge in [-0.25, -0.2) is 0 Å². The van der Waals surface area contributed by atoms with Gasteiger partial charge in [0.25, 0.3) is 0 Å². The lowest BCUT2D eigenvalue weighted by atomic mass is 9.84. The third-order valence-corrected chi connectivity index (χ3v) is 4.94. The largest absolute Gasteiger partial charge is 0.0622 e. The van der Waals surface area contributed by atoms with E-state index in [4.69, 9.17) is 0 Å². The zero-order valence-corrected chi connectivity index (χ0v) is 14.2. The summed E-state index contributed by atoms with van der Waals surface area (Å²) in [6.45, 7) is 4.62. The fraction of sp³-hybridized carbons (Fsp3) is 0.167. The molecule has 4 rings (SSSR count). The molecule has 1 aliphatic carbocycles. The summed E-state index contributed by atoms with van der Waals surface area (Å²) >= 11 is 0. The number of hydrogen-bond acceptors (Lipinski definition) is 0. The van der Waals surface area contributed by atoms with E-state index in [2.05, 4.69) is 98.8 Å². The van der Waals surface area contributed by atoms with Crippen LogP contribution < -0.4 is 0 Å². The first-order chi connectivity index (χ1) is 11.8. The highest BCUT2D eigenvalue weighted by Crippen LogP contribution is 2.52. The van der Waals surface area contributed by atoms with Crippen molar-refractivity contribution in [1.82, 2.24) is 0 Å². The van der Waals surface area contributed by atoms with Crippen LogP contribution in [0.15, 0.2) is 84.9 Å². The Balaban J connectivity index is 2.02. The highest BCUT2D eigenvalue weighted by atomic mass is 14.4. The van der Waals surface area contributed by atoms with Gasteiger partial charge in [0.05, 0.1) is 0 Å². The first-order valence-electron chi connectivity index (χ1n) is 8.71. The molecule has 1 aliphatic rings. The second-order valence-electron chi connectivity index (χ2n) is 6.78. The van der Waals surface area contributed by atoms with E-state index < -0.39 is 0 Å². The van der Waals surface area contributed by atoms with Crippen LogP contribution in [0.2, 0.25) is 0 Å². The van der Waals surface area contributed by atoms with E-state index >= 15 is 0 Å². The fourth-order valence-electron chi connectivity index (χ4n) is 4.00. The number of benzene rings is 3. The van der Waals surface area contributed by atoms with Crippen LogP contribution in [0.5, 0.6) is 0 Å². The van der Waals surface area contributed by atoms with Crippen molar-refractivity contribution in [3.8, 4) is 0 Å². The molecule has 0 N–H and O–H groups in total. The van der Waals surface area contributed by atoms with Crippen molar-refractivity contribution in [2.24, 2.45) is 5.92 Å². The van der Waals surface area contributed by atoms with Crippen molar-refractivity contribution in [3.63, 3.8) is 0 Å². The third kappa shape index (κ3) is 2.39. The topological polar surface area (TPSA) is 0 Å². The Kier molecular flexibility index (Phi) is 3.82. The van der Waals surface area contributed by atoms with Gasteiger partial charge in [0.1, 0.15) is 0 Å². The summed E-state index contributed by atoms with van der Waals surface area (Å²) < 4.78 is 0. The van der Waals surface area contributed by atoms with E-state index in [-0.39, 0.29) is 0 Å². The molecule has 1 atom stereocenters. The molecular formula is C24H22. The summed E-state index contributed by atoms with van der Waals surface area (Å²) in [4.78, 5) is 0. The molecule has 0 radical (unpaired) electrons. The molecule has 0 aliphatic heterocycles. The summed E-state index contributed by atoms with van der Waals surface area (Å²) in [6, 6.07) is 30.7. The second-order valence-corrected chi connectivity index (χ2v) is 6.78. The number of allylic oxidation sites excluding steroid dienone is 2. The lowest BCUT2D eigenvalue weighted by molar-refractivity contribution is 0.859. The first-order valence-corrected chi connectivity index (χ1v) is 8.71. The molecule has 0 heteroatoms. The summed E-state index contributed by atoms with van der Waals surface area (Å²) in [7, 11) is 0. The van der Waals surface area contributed by atoms with Crippen LogP contribution in [-0.2, 0) is 0 Å². The molecule has 24 heavy (non-hydrogen) atoms. The van der Waals surface area contributed by atoms with E-state index in [0.717, 1.165) is 0 Å². The molecular weight excluding hydrogens is 288 g/mol. The zero-order valence-electron chi connectivity index (χ0n) is 14.2. The van der Waals surface area contributed by atoms with Crippen LogP contribution in [0.4, 0.5) is 0 Å². The van der Waals surface area contributed by atoms with Gasteiger partial charge in [-0.2, -0.15) is 0 Å². The maximum Gasteiger partial charge on any atom is 0.0355 e. The molecule has 0 fully saturated rings. The summed E-state index contributed by atoms with van der Waals surface area (Å²) in [5.74, 6) is 0.817. The summed E-state index contributed by atoms with van der Waals surface area (Å²) in [6.07, 6.45) is 0. The van der Waals surface area contributed by atoms with Crippen molar-refractivity contribution in [2.45, 2.75) is 19.8 Å². The third-order valence-electron chi connectivity index (χ3n) is 4.94. The minimum atomic E-state index is 0.321. The van der Waals surface area contributed by atoms with Gasteiger partial charge in [-0.1, -0.05) is 98.8 Å². The van der Waals surface area contributed by atoms with Crippen molar-refractivity contribution in [3.05, 3.63) is 107 Å². The van der Waals surface area contributed by atoms with Crippen LogP contribution in [0.3, 0.4) is 0 Å². The Morgan fingerprint density at radius 2 is 1.25 bits per heavy atom. The molecule has 0 bridgehead atoms. The van der Waals surface area contributed by atoms with E-state index in [1.54, 1.807) is 0 Å². The smallest absolute Gasteiger partial charge is 0.0355 e. The van der Waals surface area contributed by atoms with Gasteiger partial charge in [0, 0.05) is 5.92 Å². The number of rotatable bonds is 3.